The summed E-state index contributed by atoms with van der Waals surface area (Å²) < 4.78 is 34.5. The van der Waals surface area contributed by atoms with Crippen LogP contribution in [-0.2, 0) is 0 Å². The van der Waals surface area contributed by atoms with Crippen molar-refractivity contribution >= 4 is 0 Å². The van der Waals surface area contributed by atoms with Crippen LogP contribution >= 0.6 is 0 Å². The minimum atomic E-state index is 0. The molecular weight excluding hydrogens is 827 g/mol. The molecule has 0 aliphatic heterocycles. The van der Waals surface area contributed by atoms with E-state index in [9.17, 15) is 0 Å². The summed E-state index contributed by atoms with van der Waals surface area (Å²) in [6, 6.07) is 11.5. The molecule has 6 aromatic heterocycles. The Morgan fingerprint density at radius 1 is 0.299 bits per heavy atom. The summed E-state index contributed by atoms with van der Waals surface area (Å²) in [5.74, 6) is 0. The van der Waals surface area contributed by atoms with Crippen LogP contribution in [0.15, 0.2) is 117 Å². The maximum absolute atomic E-state index is 5.75. The van der Waals surface area contributed by atoms with Crippen molar-refractivity contribution in [2.24, 2.45) is 0 Å². The predicted octanol–water partition coefficient (Wildman–Crippen LogP) is 19.7. The van der Waals surface area contributed by atoms with Gasteiger partial charge in [-0.15, -0.1) is 0 Å². The molecule has 11 nitrogen and oxygen atoms in total. The maximum Gasteiger partial charge on any atom is 0.115 e. The van der Waals surface area contributed by atoms with Crippen molar-refractivity contribution in [2.45, 2.75) is 221 Å². The van der Waals surface area contributed by atoms with Crippen molar-refractivity contribution in [3.63, 3.8) is 0 Å². The lowest BCUT2D eigenvalue weighted by Crippen LogP contribution is -1.79. The minimum Gasteiger partial charge on any atom is -0.264 e. The Morgan fingerprint density at radius 3 is 0.925 bits per heavy atom. The summed E-state index contributed by atoms with van der Waals surface area (Å²) in [6.45, 7) is 35.7. The summed E-state index contributed by atoms with van der Waals surface area (Å²) >= 11 is 0. The largest absolute Gasteiger partial charge is 0.264 e. The lowest BCUT2D eigenvalue weighted by Gasteiger charge is -1.82. The highest BCUT2D eigenvalue weighted by atomic mass is 15.1. The van der Waals surface area contributed by atoms with Crippen LogP contribution in [0, 0.1) is 41.5 Å². The van der Waals surface area contributed by atoms with E-state index in [4.69, 9.17) is 8.22 Å². The zero-order valence-electron chi connectivity index (χ0n) is 48.9. The quantitative estimate of drug-likeness (QED) is 0.144. The van der Waals surface area contributed by atoms with Crippen LogP contribution in [0.4, 0.5) is 0 Å². The third-order valence-corrected chi connectivity index (χ3v) is 4.36. The summed E-state index contributed by atoms with van der Waals surface area (Å²) in [6.07, 6.45) is 22.0. The van der Waals surface area contributed by atoms with Gasteiger partial charge < -0.3 is 0 Å². The molecule has 0 aliphatic carbocycles. The maximum atomic E-state index is 5.75. The summed E-state index contributed by atoms with van der Waals surface area (Å²) in [5.41, 5.74) is 6.39. The van der Waals surface area contributed by atoms with E-state index in [0.29, 0.717) is 0 Å². The molecule has 0 aromatic carbocycles. The summed E-state index contributed by atoms with van der Waals surface area (Å²) in [7, 11) is 7.50. The zero-order chi connectivity index (χ0) is 54.7. The number of pyridine rings is 1. The average molecular weight is 959 g/mol. The number of nitrogens with zero attached hydrogens (tertiary/aromatic N) is 11. The van der Waals surface area contributed by atoms with Gasteiger partial charge in [0.25, 0.3) is 0 Å². The Kier molecular flexibility index (Phi) is 169. The van der Waals surface area contributed by atoms with E-state index in [1.807, 2.05) is 167 Å². The number of aromatic nitrogens is 11. The van der Waals surface area contributed by atoms with E-state index in [0.717, 1.165) is 28.2 Å². The third kappa shape index (κ3) is 115. The van der Waals surface area contributed by atoms with E-state index in [2.05, 4.69) is 55.3 Å². The fraction of sp³-hybridized carbons (Fsp3) is 0.554. The highest BCUT2D eigenvalue weighted by Crippen LogP contribution is 1.88. The normalized spacial score (nSPS) is 6.63. The predicted molar refractivity (Wildman–Crippen MR) is 318 cm³/mol. The summed E-state index contributed by atoms with van der Waals surface area (Å²) in [5, 5.41) is 14.6. The second-order valence-electron chi connectivity index (χ2n) is 8.43. The smallest absolute Gasteiger partial charge is 0.115 e. The van der Waals surface area contributed by atoms with Crippen molar-refractivity contribution in [2.75, 3.05) is 0 Å². The summed E-state index contributed by atoms with van der Waals surface area (Å²) in [4.78, 5) is 26.8. The van der Waals surface area contributed by atoms with Crippen LogP contribution in [-0.4, -0.2) is 55.3 Å². The monoisotopic (exact) mass is 958 g/mol. The Hall–Kier alpha value is -5.45. The van der Waals surface area contributed by atoms with Crippen LogP contribution in [0.1, 0.15) is 221 Å². The van der Waals surface area contributed by atoms with E-state index < -0.39 is 0 Å². The fourth-order valence-corrected chi connectivity index (χ4v) is 2.29. The first-order valence-electron chi connectivity index (χ1n) is 24.9. The standard InChI is InChI=1S/C6H7N.5C5H6N2.6C2H6.13CH4/c1-6-3-2-4-7-5-6;1-5-2-6-4-7-3-5;1-5-4-6-2-3-7-5;1-5-2-3-6-4-7-5;1-5-2-3-6-7-4-5;1-5-3-2-4-6-7-5;6*1-2;;;;;;;;;;;;;/h2-5H,1H3;5*2-4H,1H3;6*1-2H3;13*1H4/i;;;;;;;;;;;;6*1D;;;;;;;. The number of hydrogen-bond acceptors (Lipinski definition) is 11. The fourth-order valence-electron chi connectivity index (χ4n) is 2.29. The van der Waals surface area contributed by atoms with Crippen molar-refractivity contribution in [1.29, 1.82) is 0 Å². The van der Waals surface area contributed by atoms with Crippen LogP contribution < -0.4 is 0 Å². The molecule has 6 aromatic rings. The Balaban J connectivity index is -0.0000000256. The number of rotatable bonds is 0. The molecule has 0 fully saturated rings. The van der Waals surface area contributed by atoms with Crippen LogP contribution in [0.25, 0.3) is 0 Å². The number of aryl methyl sites for hydroxylation is 6. The topological polar surface area (TPSA) is 142 Å². The van der Waals surface area contributed by atoms with Gasteiger partial charge in [0.1, 0.15) is 12.7 Å². The first-order chi connectivity index (χ1) is 32.4. The van der Waals surface area contributed by atoms with E-state index >= 15 is 0 Å². The molecule has 0 saturated carbocycles. The lowest BCUT2D eigenvalue weighted by molar-refractivity contribution is 0.980. The molecule has 0 spiro atoms. The van der Waals surface area contributed by atoms with Gasteiger partial charge in [0.05, 0.1) is 17.6 Å². The second kappa shape index (κ2) is 119. The van der Waals surface area contributed by atoms with Crippen molar-refractivity contribution < 1.29 is 8.22 Å². The molecule has 67 heavy (non-hydrogen) atoms. The zero-order valence-corrected chi connectivity index (χ0v) is 42.9. The first kappa shape index (κ1) is 95.7. The Bertz CT molecular complexity index is 1140. The molecule has 6 rings (SSSR count). The molecule has 0 amide bonds. The molecule has 0 N–H and O–H groups in total. The van der Waals surface area contributed by atoms with Crippen LogP contribution in [0.3, 0.4) is 0 Å². The van der Waals surface area contributed by atoms with Crippen molar-refractivity contribution in [1.82, 2.24) is 55.3 Å². The molecule has 0 radical (unpaired) electrons. The van der Waals surface area contributed by atoms with Gasteiger partial charge in [0, 0.05) is 75.9 Å². The van der Waals surface area contributed by atoms with Crippen molar-refractivity contribution in [3.05, 3.63) is 151 Å². The molecule has 0 atom stereocenters. The molecule has 0 saturated heterocycles. The van der Waals surface area contributed by atoms with Gasteiger partial charge in [-0.2, -0.15) is 20.4 Å². The van der Waals surface area contributed by atoms with E-state index in [1.54, 1.807) is 62.0 Å². The Labute approximate surface area is 434 Å². The molecular formula is C56H125N11. The van der Waals surface area contributed by atoms with Gasteiger partial charge in [-0.25, -0.2) is 19.9 Å². The van der Waals surface area contributed by atoms with Crippen molar-refractivity contribution in [3.8, 4) is 0 Å². The lowest BCUT2D eigenvalue weighted by atomic mass is 10.3. The van der Waals surface area contributed by atoms with Gasteiger partial charge in [0.2, 0.25) is 0 Å². The average Bonchev–Trinajstić information content (AvgIpc) is 3.43. The van der Waals surface area contributed by atoms with E-state index in [-0.39, 0.29) is 52.0 Å². The van der Waals surface area contributed by atoms with Gasteiger partial charge in [-0.05, 0) is 88.6 Å². The third-order valence-electron chi connectivity index (χ3n) is 4.36. The van der Waals surface area contributed by atoms with Crippen LogP contribution in [0.2, 0.25) is 0 Å². The van der Waals surface area contributed by atoms with Gasteiger partial charge >= 0.3 is 0 Å². The first-order valence-corrected chi connectivity index (χ1v) is 18.9. The molecule has 0 unspecified atom stereocenters. The molecule has 0 aliphatic rings. The second-order valence-corrected chi connectivity index (χ2v) is 8.43. The SMILES string of the molecule is C.C.C.C.C.C.C.CC.CC.CC.CC.CC.CC.Cc1cccnc1.Cc1cccnn1.Cc1ccncn1.Cc1ccnnc1.Cc1cnccn1.Cc1cncnc1.[2H]C.[2H]C.[2H]C.[2H]C.[2H]C.[2H]C. The van der Waals surface area contributed by atoms with Gasteiger partial charge in [-0.3, -0.25) is 15.0 Å². The van der Waals surface area contributed by atoms with Crippen LogP contribution in [0.5, 0.6) is 0 Å². The molecule has 11 heteroatoms. The van der Waals surface area contributed by atoms with E-state index in [1.165, 1.54) is 62.6 Å². The molecule has 0 bridgehead atoms. The minimum absolute atomic E-state index is 0. The highest BCUT2D eigenvalue weighted by Gasteiger charge is 1.77. The van der Waals surface area contributed by atoms with Gasteiger partial charge in [-0.1, -0.05) is 186 Å². The van der Waals surface area contributed by atoms with Gasteiger partial charge in [0.15, 0.2) is 0 Å². The Morgan fingerprint density at radius 2 is 0.746 bits per heavy atom. The molecule has 404 valence electrons. The highest BCUT2D eigenvalue weighted by molar-refractivity contribution is 5.04. The number of hydrogen-bond donors (Lipinski definition) is 0. The molecule has 6 heterocycles.